The molecule has 0 aliphatic heterocycles. The molecule has 0 fully saturated rings. The molecule has 2 heterocycles. The monoisotopic (exact) mass is 332 g/mol. The number of aromatic nitrogens is 2. The van der Waals surface area contributed by atoms with Gasteiger partial charge in [0, 0.05) is 10.7 Å². The molecule has 3 rings (SSSR count). The normalized spacial score (nSPS) is 10.6. The van der Waals surface area contributed by atoms with Crippen molar-refractivity contribution in [2.75, 3.05) is 0 Å². The van der Waals surface area contributed by atoms with Crippen molar-refractivity contribution in [3.63, 3.8) is 0 Å². The number of nitrogens with zero attached hydrogens (tertiary/aromatic N) is 2. The average molecular weight is 333 g/mol. The molecule has 1 N–H and O–H groups in total. The third-order valence-electron chi connectivity index (χ3n) is 2.60. The highest BCUT2D eigenvalue weighted by Crippen LogP contribution is 2.38. The summed E-state index contributed by atoms with van der Waals surface area (Å²) in [5.74, 6) is 0.0491. The van der Waals surface area contributed by atoms with Crippen LogP contribution in [-0.2, 0) is 0 Å². The third kappa shape index (κ3) is 2.52. The lowest BCUT2D eigenvalue weighted by Gasteiger charge is -1.97. The molecule has 2 aromatic heterocycles. The summed E-state index contributed by atoms with van der Waals surface area (Å²) in [5, 5.41) is 10.7. The molecule has 5 heteroatoms. The average Bonchev–Trinajstić information content (AvgIpc) is 2.83. The summed E-state index contributed by atoms with van der Waals surface area (Å²) >= 11 is 4.83. The number of pyridine rings is 1. The van der Waals surface area contributed by atoms with Crippen LogP contribution >= 0.6 is 27.3 Å². The van der Waals surface area contributed by atoms with Gasteiger partial charge in [0.05, 0.1) is 10.6 Å². The highest BCUT2D eigenvalue weighted by molar-refractivity contribution is 9.10. The van der Waals surface area contributed by atoms with Gasteiger partial charge < -0.3 is 5.11 Å². The predicted molar refractivity (Wildman–Crippen MR) is 80.1 cm³/mol. The molecular formula is C14H9BrN2OS. The van der Waals surface area contributed by atoms with Gasteiger partial charge in [-0.25, -0.2) is 0 Å². The minimum Gasteiger partial charge on any atom is -0.492 e. The molecular weight excluding hydrogens is 324 g/mol. The van der Waals surface area contributed by atoms with E-state index < -0.39 is 0 Å². The topological polar surface area (TPSA) is 46.0 Å². The van der Waals surface area contributed by atoms with Crippen LogP contribution in [0.4, 0.5) is 0 Å². The van der Waals surface area contributed by atoms with Crippen LogP contribution in [0, 0.1) is 0 Å². The molecule has 94 valence electrons. The largest absolute Gasteiger partial charge is 0.492 e. The molecule has 0 bridgehead atoms. The Morgan fingerprint density at radius 1 is 1.05 bits per heavy atom. The van der Waals surface area contributed by atoms with Gasteiger partial charge in [-0.15, -0.1) is 11.3 Å². The van der Waals surface area contributed by atoms with E-state index in [-0.39, 0.29) is 5.88 Å². The van der Waals surface area contributed by atoms with E-state index in [0.29, 0.717) is 0 Å². The lowest BCUT2D eigenvalue weighted by molar-refractivity contribution is 0.459. The number of rotatable bonds is 2. The van der Waals surface area contributed by atoms with Gasteiger partial charge in [-0.1, -0.05) is 34.1 Å². The summed E-state index contributed by atoms with van der Waals surface area (Å²) in [5.41, 5.74) is 1.71. The summed E-state index contributed by atoms with van der Waals surface area (Å²) < 4.78 is 1.00. The van der Waals surface area contributed by atoms with Crippen LogP contribution in [0.2, 0.25) is 0 Å². The molecule has 0 amide bonds. The van der Waals surface area contributed by atoms with E-state index >= 15 is 0 Å². The van der Waals surface area contributed by atoms with Gasteiger partial charge >= 0.3 is 0 Å². The highest BCUT2D eigenvalue weighted by atomic mass is 79.9. The van der Waals surface area contributed by atoms with E-state index in [2.05, 4.69) is 25.9 Å². The second-order valence-corrected chi connectivity index (χ2v) is 5.81. The molecule has 1 aromatic carbocycles. The summed E-state index contributed by atoms with van der Waals surface area (Å²) in [7, 11) is 0. The number of hydrogen-bond donors (Lipinski definition) is 1. The first-order chi connectivity index (χ1) is 9.24. The maximum atomic E-state index is 9.98. The Morgan fingerprint density at radius 2 is 1.84 bits per heavy atom. The fourth-order valence-corrected chi connectivity index (χ4v) is 2.91. The van der Waals surface area contributed by atoms with Crippen molar-refractivity contribution >= 4 is 27.3 Å². The van der Waals surface area contributed by atoms with E-state index in [1.807, 2.05) is 42.5 Å². The second-order valence-electron chi connectivity index (χ2n) is 3.89. The zero-order valence-corrected chi connectivity index (χ0v) is 12.1. The van der Waals surface area contributed by atoms with E-state index in [1.165, 1.54) is 11.3 Å². The fraction of sp³-hybridized carbons (Fsp3) is 0. The molecule has 0 spiro atoms. The first kappa shape index (κ1) is 12.3. The second kappa shape index (κ2) is 5.11. The van der Waals surface area contributed by atoms with Crippen LogP contribution in [0.25, 0.3) is 21.1 Å². The molecule has 19 heavy (non-hydrogen) atoms. The first-order valence-corrected chi connectivity index (χ1v) is 7.22. The summed E-state index contributed by atoms with van der Waals surface area (Å²) in [6, 6.07) is 13.4. The summed E-state index contributed by atoms with van der Waals surface area (Å²) in [6.07, 6.45) is 1.72. The maximum absolute atomic E-state index is 9.98. The van der Waals surface area contributed by atoms with Crippen molar-refractivity contribution < 1.29 is 5.11 Å². The smallest absolute Gasteiger partial charge is 0.230 e. The van der Waals surface area contributed by atoms with Gasteiger partial charge in [-0.3, -0.25) is 4.98 Å². The molecule has 0 aliphatic carbocycles. The zero-order chi connectivity index (χ0) is 13.2. The summed E-state index contributed by atoms with van der Waals surface area (Å²) in [6.45, 7) is 0. The van der Waals surface area contributed by atoms with Gasteiger partial charge in [0.25, 0.3) is 0 Å². The van der Waals surface area contributed by atoms with Gasteiger partial charge in [-0.05, 0) is 29.8 Å². The minimum atomic E-state index is 0.0491. The Bertz CT molecular complexity index is 695. The number of benzene rings is 1. The molecule has 3 aromatic rings. The van der Waals surface area contributed by atoms with Gasteiger partial charge in [0.1, 0.15) is 5.01 Å². The molecule has 0 saturated carbocycles. The lowest BCUT2D eigenvalue weighted by Crippen LogP contribution is -1.78. The Labute approximate surface area is 122 Å². The van der Waals surface area contributed by atoms with Crippen molar-refractivity contribution in [3.05, 3.63) is 53.1 Å². The quantitative estimate of drug-likeness (QED) is 0.759. The van der Waals surface area contributed by atoms with E-state index in [4.69, 9.17) is 0 Å². The van der Waals surface area contributed by atoms with Gasteiger partial charge in [0.2, 0.25) is 5.88 Å². The van der Waals surface area contributed by atoms with Crippen molar-refractivity contribution in [1.82, 2.24) is 9.97 Å². The van der Waals surface area contributed by atoms with Gasteiger partial charge in [0.15, 0.2) is 0 Å². The highest BCUT2D eigenvalue weighted by Gasteiger charge is 2.13. The van der Waals surface area contributed by atoms with Crippen LogP contribution in [-0.4, -0.2) is 15.1 Å². The van der Waals surface area contributed by atoms with Crippen molar-refractivity contribution in [2.24, 2.45) is 0 Å². The lowest BCUT2D eigenvalue weighted by atomic mass is 10.2. The Hall–Kier alpha value is -1.72. The van der Waals surface area contributed by atoms with Crippen LogP contribution in [0.3, 0.4) is 0 Å². The van der Waals surface area contributed by atoms with Crippen LogP contribution in [0.1, 0.15) is 0 Å². The van der Waals surface area contributed by atoms with Crippen LogP contribution in [0.5, 0.6) is 5.88 Å². The van der Waals surface area contributed by atoms with E-state index in [0.717, 1.165) is 25.6 Å². The summed E-state index contributed by atoms with van der Waals surface area (Å²) in [4.78, 5) is 9.18. The predicted octanol–water partition coefficient (Wildman–Crippen LogP) is 4.34. The molecule has 0 saturated heterocycles. The van der Waals surface area contributed by atoms with E-state index in [1.54, 1.807) is 6.20 Å². The number of aromatic hydroxyl groups is 1. The van der Waals surface area contributed by atoms with E-state index in [9.17, 15) is 5.11 Å². The SMILES string of the molecule is Oc1nc(-c2ccccn2)sc1-c1ccc(Br)cc1. The number of thiazole rings is 1. The van der Waals surface area contributed by atoms with Crippen molar-refractivity contribution in [2.45, 2.75) is 0 Å². The van der Waals surface area contributed by atoms with Crippen LogP contribution < -0.4 is 0 Å². The zero-order valence-electron chi connectivity index (χ0n) is 9.75. The van der Waals surface area contributed by atoms with Crippen molar-refractivity contribution in [1.29, 1.82) is 0 Å². The molecule has 0 unspecified atom stereocenters. The fourth-order valence-electron chi connectivity index (χ4n) is 1.70. The third-order valence-corrected chi connectivity index (χ3v) is 4.24. The number of halogens is 1. The molecule has 0 aliphatic rings. The molecule has 0 radical (unpaired) electrons. The standard InChI is InChI=1S/C14H9BrN2OS/c15-10-6-4-9(5-7-10)12-13(18)17-14(19-12)11-3-1-2-8-16-11/h1-8,18H. The molecule has 0 atom stereocenters. The van der Waals surface area contributed by atoms with Crippen LogP contribution in [0.15, 0.2) is 53.1 Å². The number of hydrogen-bond acceptors (Lipinski definition) is 4. The maximum Gasteiger partial charge on any atom is 0.230 e. The van der Waals surface area contributed by atoms with Crippen molar-refractivity contribution in [3.8, 4) is 27.0 Å². The Balaban J connectivity index is 2.05. The minimum absolute atomic E-state index is 0.0491. The molecule has 3 nitrogen and oxygen atoms in total. The Kier molecular flexibility index (Phi) is 3.31. The Morgan fingerprint density at radius 3 is 2.53 bits per heavy atom. The van der Waals surface area contributed by atoms with Gasteiger partial charge in [-0.2, -0.15) is 4.98 Å². The first-order valence-electron chi connectivity index (χ1n) is 5.61.